The fourth-order valence-corrected chi connectivity index (χ4v) is 1.45. The molecule has 5 nitrogen and oxygen atoms in total. The van der Waals surface area contributed by atoms with E-state index in [0.717, 1.165) is 12.1 Å². The van der Waals surface area contributed by atoms with E-state index < -0.39 is 35.6 Å². The Bertz CT molecular complexity index is 490. The molecule has 0 fully saturated rings. The normalized spacial score (nSPS) is 11.6. The Hall–Kier alpha value is -1.87. The molecule has 0 atom stereocenters. The molecule has 0 radical (unpaired) electrons. The average molecular weight is 310 g/mol. The second kappa shape index (κ2) is 7.23. The quantitative estimate of drug-likeness (QED) is 0.649. The fourth-order valence-electron chi connectivity index (χ4n) is 1.45. The summed E-state index contributed by atoms with van der Waals surface area (Å²) in [4.78, 5) is 11.5. The summed E-state index contributed by atoms with van der Waals surface area (Å²) in [5.41, 5.74) is -2.03. The molecule has 0 saturated carbocycles. The first-order valence-electron chi connectivity index (χ1n) is 5.75. The van der Waals surface area contributed by atoms with Crippen molar-refractivity contribution in [2.75, 3.05) is 26.1 Å². The van der Waals surface area contributed by atoms with E-state index >= 15 is 0 Å². The van der Waals surface area contributed by atoms with Gasteiger partial charge in [-0.05, 0) is 12.1 Å². The molecule has 0 spiro atoms. The maximum absolute atomic E-state index is 13.6. The van der Waals surface area contributed by atoms with Gasteiger partial charge in [-0.25, -0.2) is 9.18 Å². The van der Waals surface area contributed by atoms with Crippen LogP contribution in [-0.4, -0.2) is 33.1 Å². The first kappa shape index (κ1) is 17.2. The van der Waals surface area contributed by atoms with Crippen LogP contribution in [0.15, 0.2) is 18.2 Å². The Kier molecular flexibility index (Phi) is 5.91. The number of benzene rings is 1. The topological polar surface area (TPSA) is 59.6 Å². The van der Waals surface area contributed by atoms with Gasteiger partial charge in [-0.15, -0.1) is 0 Å². The summed E-state index contributed by atoms with van der Waals surface area (Å²) in [7, 11) is 2.69. The van der Waals surface area contributed by atoms with Gasteiger partial charge >= 0.3 is 12.2 Å². The highest BCUT2D eigenvalue weighted by Gasteiger charge is 2.35. The predicted octanol–water partition coefficient (Wildman–Crippen LogP) is 2.58. The van der Waals surface area contributed by atoms with Crippen molar-refractivity contribution in [2.24, 2.45) is 0 Å². The lowest BCUT2D eigenvalue weighted by atomic mass is 10.2. The van der Waals surface area contributed by atoms with Gasteiger partial charge in [-0.2, -0.15) is 13.2 Å². The monoisotopic (exact) mass is 310 g/mol. The second-order valence-electron chi connectivity index (χ2n) is 3.90. The SMILES string of the molecule is COC(CNC(=O)Nc1cccc(C(F)(F)F)c1F)OC. The van der Waals surface area contributed by atoms with Crippen LogP contribution in [0.3, 0.4) is 0 Å². The first-order chi connectivity index (χ1) is 9.79. The summed E-state index contributed by atoms with van der Waals surface area (Å²) in [6, 6.07) is 1.72. The molecule has 21 heavy (non-hydrogen) atoms. The van der Waals surface area contributed by atoms with Gasteiger partial charge in [-0.3, -0.25) is 0 Å². The summed E-state index contributed by atoms with van der Waals surface area (Å²) in [6.45, 7) is -0.0561. The van der Waals surface area contributed by atoms with Crippen molar-refractivity contribution >= 4 is 11.7 Å². The molecule has 0 heterocycles. The van der Waals surface area contributed by atoms with Crippen LogP contribution in [0.1, 0.15) is 5.56 Å². The standard InChI is InChI=1S/C12H14F4N2O3/c1-20-9(21-2)6-17-11(19)18-8-5-3-4-7(10(8)13)12(14,15)16/h3-5,9H,6H2,1-2H3,(H2,17,18,19). The van der Waals surface area contributed by atoms with Gasteiger partial charge in [0.25, 0.3) is 0 Å². The molecule has 0 aliphatic rings. The molecule has 1 rings (SSSR count). The highest BCUT2D eigenvalue weighted by atomic mass is 19.4. The smallest absolute Gasteiger partial charge is 0.354 e. The van der Waals surface area contributed by atoms with Crippen molar-refractivity contribution in [1.29, 1.82) is 0 Å². The van der Waals surface area contributed by atoms with Crippen LogP contribution in [0.25, 0.3) is 0 Å². The Morgan fingerprint density at radius 2 is 1.90 bits per heavy atom. The summed E-state index contributed by atoms with van der Waals surface area (Å²) in [6.07, 6.45) is -5.56. The number of carbonyl (C=O) groups excluding carboxylic acids is 1. The number of alkyl halides is 3. The van der Waals surface area contributed by atoms with E-state index in [1.807, 2.05) is 5.32 Å². The van der Waals surface area contributed by atoms with E-state index in [0.29, 0.717) is 6.07 Å². The minimum atomic E-state index is -4.84. The molecule has 0 unspecified atom stereocenters. The van der Waals surface area contributed by atoms with Crippen LogP contribution < -0.4 is 10.6 Å². The van der Waals surface area contributed by atoms with Crippen molar-refractivity contribution in [3.05, 3.63) is 29.6 Å². The molecule has 1 aromatic carbocycles. The first-order valence-corrected chi connectivity index (χ1v) is 5.75. The zero-order chi connectivity index (χ0) is 16.0. The summed E-state index contributed by atoms with van der Waals surface area (Å²) >= 11 is 0. The lowest BCUT2D eigenvalue weighted by Crippen LogP contribution is -2.37. The highest BCUT2D eigenvalue weighted by Crippen LogP contribution is 2.33. The minimum Gasteiger partial charge on any atom is -0.354 e. The molecule has 0 bridgehead atoms. The predicted molar refractivity (Wildman–Crippen MR) is 66.2 cm³/mol. The van der Waals surface area contributed by atoms with Gasteiger partial charge < -0.3 is 20.1 Å². The number of urea groups is 1. The number of hydrogen-bond donors (Lipinski definition) is 2. The average Bonchev–Trinajstić information content (AvgIpc) is 2.41. The number of carbonyl (C=O) groups is 1. The summed E-state index contributed by atoms with van der Waals surface area (Å²) in [5, 5.41) is 4.26. The Labute approximate surface area is 118 Å². The van der Waals surface area contributed by atoms with Crippen LogP contribution in [0.4, 0.5) is 28.0 Å². The number of halogens is 4. The molecule has 0 aliphatic heterocycles. The highest BCUT2D eigenvalue weighted by molar-refractivity contribution is 5.89. The van der Waals surface area contributed by atoms with E-state index in [4.69, 9.17) is 9.47 Å². The van der Waals surface area contributed by atoms with Crippen molar-refractivity contribution in [3.63, 3.8) is 0 Å². The largest absolute Gasteiger partial charge is 0.419 e. The number of rotatable bonds is 5. The molecule has 0 aromatic heterocycles. The third kappa shape index (κ3) is 4.87. The summed E-state index contributed by atoms with van der Waals surface area (Å²) in [5.74, 6) is -1.55. The van der Waals surface area contributed by atoms with Crippen LogP contribution in [0.2, 0.25) is 0 Å². The van der Waals surface area contributed by atoms with Gasteiger partial charge in [-0.1, -0.05) is 6.07 Å². The molecule has 2 N–H and O–H groups in total. The molecular formula is C12H14F4N2O3. The van der Waals surface area contributed by atoms with Gasteiger partial charge in [0.15, 0.2) is 12.1 Å². The summed E-state index contributed by atoms with van der Waals surface area (Å²) < 4.78 is 60.8. The number of ether oxygens (including phenoxy) is 2. The van der Waals surface area contributed by atoms with E-state index in [1.165, 1.54) is 14.2 Å². The number of anilines is 1. The number of nitrogens with one attached hydrogen (secondary N) is 2. The van der Waals surface area contributed by atoms with Crippen LogP contribution in [-0.2, 0) is 15.7 Å². The van der Waals surface area contributed by atoms with Crippen molar-refractivity contribution in [2.45, 2.75) is 12.5 Å². The lowest BCUT2D eigenvalue weighted by Gasteiger charge is -2.15. The fraction of sp³-hybridized carbons (Fsp3) is 0.417. The van der Waals surface area contributed by atoms with Crippen molar-refractivity contribution in [3.8, 4) is 0 Å². The third-order valence-corrected chi connectivity index (χ3v) is 2.51. The van der Waals surface area contributed by atoms with Crippen molar-refractivity contribution in [1.82, 2.24) is 5.32 Å². The Balaban J connectivity index is 2.73. The van der Waals surface area contributed by atoms with Gasteiger partial charge in [0.1, 0.15) is 0 Å². The second-order valence-corrected chi connectivity index (χ2v) is 3.90. The molecule has 1 aromatic rings. The van der Waals surface area contributed by atoms with Gasteiger partial charge in [0.2, 0.25) is 0 Å². The Morgan fingerprint density at radius 1 is 1.29 bits per heavy atom. The molecular weight excluding hydrogens is 296 g/mol. The van der Waals surface area contributed by atoms with Gasteiger partial charge in [0.05, 0.1) is 17.8 Å². The zero-order valence-electron chi connectivity index (χ0n) is 11.3. The van der Waals surface area contributed by atoms with E-state index in [1.54, 1.807) is 0 Å². The Morgan fingerprint density at radius 3 is 2.43 bits per heavy atom. The molecule has 9 heteroatoms. The van der Waals surface area contributed by atoms with E-state index in [-0.39, 0.29) is 6.54 Å². The van der Waals surface area contributed by atoms with E-state index in [9.17, 15) is 22.4 Å². The minimum absolute atomic E-state index is 0.0561. The van der Waals surface area contributed by atoms with Crippen LogP contribution in [0.5, 0.6) is 0 Å². The molecule has 2 amide bonds. The number of methoxy groups -OCH3 is 2. The number of hydrogen-bond acceptors (Lipinski definition) is 3. The lowest BCUT2D eigenvalue weighted by molar-refractivity contribution is -0.139. The maximum atomic E-state index is 13.6. The van der Waals surface area contributed by atoms with Crippen LogP contribution in [0, 0.1) is 5.82 Å². The van der Waals surface area contributed by atoms with E-state index in [2.05, 4.69) is 5.32 Å². The third-order valence-electron chi connectivity index (χ3n) is 2.51. The zero-order valence-corrected chi connectivity index (χ0v) is 11.3. The molecule has 118 valence electrons. The van der Waals surface area contributed by atoms with Crippen LogP contribution >= 0.6 is 0 Å². The molecule has 0 aliphatic carbocycles. The molecule has 0 saturated heterocycles. The van der Waals surface area contributed by atoms with Crippen molar-refractivity contribution < 1.29 is 31.8 Å². The maximum Gasteiger partial charge on any atom is 0.419 e. The van der Waals surface area contributed by atoms with Gasteiger partial charge in [0, 0.05) is 14.2 Å². The number of amides is 2.